The molecular weight excluding hydrogens is 580 g/mol. The molecule has 0 amide bonds. The van der Waals surface area contributed by atoms with E-state index in [4.69, 9.17) is 21.4 Å². The van der Waals surface area contributed by atoms with Crippen molar-refractivity contribution in [3.63, 3.8) is 0 Å². The third-order valence-electron chi connectivity index (χ3n) is 7.36. The van der Waals surface area contributed by atoms with Crippen LogP contribution in [0.3, 0.4) is 0 Å². The molecule has 11 heteroatoms. The molecule has 2 aliphatic rings. The Kier molecular flexibility index (Phi) is 7.48. The molecule has 0 radical (unpaired) electrons. The van der Waals surface area contributed by atoms with E-state index in [1.165, 1.54) is 0 Å². The molecule has 0 spiro atoms. The number of rotatable bonds is 6. The van der Waals surface area contributed by atoms with Crippen LogP contribution in [0.1, 0.15) is 60.0 Å². The number of esters is 1. The second kappa shape index (κ2) is 10.4. The van der Waals surface area contributed by atoms with Crippen LogP contribution in [0.15, 0.2) is 12.1 Å². The summed E-state index contributed by atoms with van der Waals surface area (Å²) in [5.41, 5.74) is 5.44. The maximum atomic E-state index is 13.5. The number of ether oxygens (including phenoxy) is 1. The van der Waals surface area contributed by atoms with Gasteiger partial charge in [0.15, 0.2) is 0 Å². The van der Waals surface area contributed by atoms with Gasteiger partial charge in [-0.1, -0.05) is 33.6 Å². The average Bonchev–Trinajstić information content (AvgIpc) is 3.58. The van der Waals surface area contributed by atoms with Gasteiger partial charge in [0.1, 0.15) is 5.69 Å². The number of aromatic nitrogens is 3. The summed E-state index contributed by atoms with van der Waals surface area (Å²) in [6.07, 6.45) is 3.61. The Bertz CT molecular complexity index is 1480. The number of halogens is 2. The van der Waals surface area contributed by atoms with Crippen LogP contribution in [0.5, 0.6) is 0 Å². The van der Waals surface area contributed by atoms with Crippen molar-refractivity contribution in [2.45, 2.75) is 65.1 Å². The average molecular weight is 612 g/mol. The van der Waals surface area contributed by atoms with Gasteiger partial charge in [-0.2, -0.15) is 9.40 Å². The number of fused-ring (bicyclic) bond motifs is 2. The molecule has 3 aromatic rings. The first-order chi connectivity index (χ1) is 17.7. The van der Waals surface area contributed by atoms with Crippen molar-refractivity contribution in [1.82, 2.24) is 18.7 Å². The highest BCUT2D eigenvalue weighted by molar-refractivity contribution is 9.09. The number of hydrogen-bond acceptors (Lipinski definition) is 5. The highest BCUT2D eigenvalue weighted by atomic mass is 79.9. The molecule has 0 atom stereocenters. The summed E-state index contributed by atoms with van der Waals surface area (Å²) in [7, 11) is -1.66. The fourth-order valence-electron chi connectivity index (χ4n) is 5.48. The molecule has 1 aliphatic heterocycles. The predicted octanol–water partition coefficient (Wildman–Crippen LogP) is 5.21. The topological polar surface area (TPSA) is 86.4 Å². The maximum absolute atomic E-state index is 13.5. The van der Waals surface area contributed by atoms with E-state index >= 15 is 0 Å². The Morgan fingerprint density at radius 1 is 1.27 bits per heavy atom. The molecule has 8 nitrogen and oxygen atoms in total. The van der Waals surface area contributed by atoms with Crippen molar-refractivity contribution in [2.75, 3.05) is 17.7 Å². The van der Waals surface area contributed by atoms with Crippen LogP contribution >= 0.6 is 27.5 Å². The summed E-state index contributed by atoms with van der Waals surface area (Å²) in [6.45, 7) is 4.58. The second-order valence-electron chi connectivity index (χ2n) is 9.79. The van der Waals surface area contributed by atoms with Crippen molar-refractivity contribution >= 4 is 54.4 Å². The third kappa shape index (κ3) is 4.75. The van der Waals surface area contributed by atoms with Gasteiger partial charge in [-0.15, -0.1) is 0 Å². The molecular formula is C26H32BrClN4O4S. The summed E-state index contributed by atoms with van der Waals surface area (Å²) in [6, 6.07) is 3.86. The van der Waals surface area contributed by atoms with Gasteiger partial charge < -0.3 is 9.30 Å². The second-order valence-corrected chi connectivity index (χ2v) is 13.0. The van der Waals surface area contributed by atoms with Gasteiger partial charge in [0.05, 0.1) is 35.1 Å². The van der Waals surface area contributed by atoms with E-state index in [9.17, 15) is 13.2 Å². The summed E-state index contributed by atoms with van der Waals surface area (Å²) in [5.74, 6) is -0.398. The van der Waals surface area contributed by atoms with Gasteiger partial charge in [0.2, 0.25) is 10.0 Å². The fourth-order valence-corrected chi connectivity index (χ4v) is 7.72. The van der Waals surface area contributed by atoms with Crippen LogP contribution in [0, 0.1) is 6.92 Å². The monoisotopic (exact) mass is 610 g/mol. The molecule has 1 aliphatic carbocycles. The van der Waals surface area contributed by atoms with Gasteiger partial charge in [0, 0.05) is 47.2 Å². The van der Waals surface area contributed by atoms with Gasteiger partial charge in [-0.25, -0.2) is 13.2 Å². The normalized spacial score (nSPS) is 18.0. The molecule has 2 aromatic heterocycles. The van der Waals surface area contributed by atoms with Crippen molar-refractivity contribution in [3.8, 4) is 11.1 Å². The number of carbonyl (C=O) groups excluding carboxylic acids is 1. The number of aryl methyl sites for hydroxylation is 3. The molecule has 1 fully saturated rings. The lowest BCUT2D eigenvalue weighted by Gasteiger charge is -2.21. The number of alkyl halides is 1. The van der Waals surface area contributed by atoms with Crippen molar-refractivity contribution in [2.24, 2.45) is 7.05 Å². The van der Waals surface area contributed by atoms with E-state index in [1.54, 1.807) is 15.9 Å². The van der Waals surface area contributed by atoms with Crippen molar-refractivity contribution < 1.29 is 17.9 Å². The highest BCUT2D eigenvalue weighted by Gasteiger charge is 2.39. The lowest BCUT2D eigenvalue weighted by atomic mass is 9.98. The Morgan fingerprint density at radius 2 is 2.03 bits per heavy atom. The Labute approximate surface area is 231 Å². The molecule has 0 bridgehead atoms. The van der Waals surface area contributed by atoms with Crippen LogP contribution in [-0.2, 0) is 41.3 Å². The first kappa shape index (κ1) is 26.7. The molecule has 0 N–H and O–H groups in total. The zero-order chi connectivity index (χ0) is 26.5. The molecule has 37 heavy (non-hydrogen) atoms. The van der Waals surface area contributed by atoms with Crippen LogP contribution in [0.4, 0.5) is 0 Å². The SMILES string of the molecule is CCOC(=O)c1c(CCCBr)c2ccc(Cl)c3c2n1CCCS(=O)(=O)N(C1CC1)Cc1nn(C)c(C)c1-3. The van der Waals surface area contributed by atoms with Gasteiger partial charge in [0.25, 0.3) is 0 Å². The number of carbonyl (C=O) groups is 1. The molecule has 3 heterocycles. The number of nitrogens with zero attached hydrogens (tertiary/aromatic N) is 4. The van der Waals surface area contributed by atoms with Crippen LogP contribution in [0.25, 0.3) is 22.0 Å². The summed E-state index contributed by atoms with van der Waals surface area (Å²) < 4.78 is 37.9. The minimum absolute atomic E-state index is 0.000774. The quantitative estimate of drug-likeness (QED) is 0.282. The van der Waals surface area contributed by atoms with Crippen LogP contribution in [0.2, 0.25) is 5.02 Å². The summed E-state index contributed by atoms with van der Waals surface area (Å²) >= 11 is 10.5. The van der Waals surface area contributed by atoms with E-state index < -0.39 is 16.0 Å². The minimum Gasteiger partial charge on any atom is -0.461 e. The van der Waals surface area contributed by atoms with Crippen LogP contribution < -0.4 is 0 Å². The standard InChI is InChI=1S/C26H32BrClN4O4S/c1-4-36-26(33)25-18(7-5-12-27)19-10-11-20(28)23-22-16(2)30(3)29-21(22)15-32(17-8-9-17)37(34,35)14-6-13-31(25)24(19)23/h10-11,17H,4-9,12-15H2,1-3H3. The number of sulfonamides is 1. The Balaban J connectivity index is 1.86. The summed E-state index contributed by atoms with van der Waals surface area (Å²) in [5, 5.41) is 7.06. The zero-order valence-corrected chi connectivity index (χ0v) is 24.5. The van der Waals surface area contributed by atoms with Gasteiger partial charge in [-0.05, 0) is 57.6 Å². The van der Waals surface area contributed by atoms with E-state index in [2.05, 4.69) is 15.9 Å². The van der Waals surface area contributed by atoms with E-state index in [1.807, 2.05) is 30.7 Å². The maximum Gasteiger partial charge on any atom is 0.355 e. The van der Waals surface area contributed by atoms with E-state index in [-0.39, 0.29) is 24.9 Å². The summed E-state index contributed by atoms with van der Waals surface area (Å²) in [4.78, 5) is 13.4. The zero-order valence-electron chi connectivity index (χ0n) is 21.4. The third-order valence-corrected chi connectivity index (χ3v) is 10.2. The largest absolute Gasteiger partial charge is 0.461 e. The predicted molar refractivity (Wildman–Crippen MR) is 149 cm³/mol. The smallest absolute Gasteiger partial charge is 0.355 e. The first-order valence-corrected chi connectivity index (χ1v) is 15.9. The molecule has 1 aromatic carbocycles. The number of hydrogen-bond donors (Lipinski definition) is 0. The minimum atomic E-state index is -3.52. The van der Waals surface area contributed by atoms with Crippen LogP contribution in [-0.4, -0.2) is 56.8 Å². The van der Waals surface area contributed by atoms with E-state index in [0.717, 1.165) is 57.9 Å². The van der Waals surface area contributed by atoms with Crippen molar-refractivity contribution in [1.29, 1.82) is 0 Å². The molecule has 0 saturated heterocycles. The lowest BCUT2D eigenvalue weighted by Crippen LogP contribution is -2.35. The van der Waals surface area contributed by atoms with Crippen molar-refractivity contribution in [3.05, 3.63) is 39.8 Å². The molecule has 200 valence electrons. The highest BCUT2D eigenvalue weighted by Crippen LogP contribution is 2.44. The van der Waals surface area contributed by atoms with E-state index in [0.29, 0.717) is 35.8 Å². The Hall–Kier alpha value is -1.88. The Morgan fingerprint density at radius 3 is 2.70 bits per heavy atom. The number of benzene rings is 1. The molecule has 5 rings (SSSR count). The van der Waals surface area contributed by atoms with Gasteiger partial charge in [-0.3, -0.25) is 4.68 Å². The molecule has 1 saturated carbocycles. The fraction of sp³-hybridized carbons (Fsp3) is 0.538. The first-order valence-electron chi connectivity index (χ1n) is 12.8. The molecule has 0 unspecified atom stereocenters. The van der Waals surface area contributed by atoms with Gasteiger partial charge >= 0.3 is 5.97 Å². The lowest BCUT2D eigenvalue weighted by molar-refractivity contribution is 0.0513.